The lowest BCUT2D eigenvalue weighted by Crippen LogP contribution is -2.36. The molecule has 0 aromatic carbocycles. The maximum atomic E-state index is 13.0. The van der Waals surface area contributed by atoms with E-state index in [1.807, 2.05) is 0 Å². The molecule has 1 aromatic rings. The standard InChI is InChI=1S/C11H16FN3O2/c1-7(6-17-3)15-11(16)9-4-8(12)5-14-10(9)13-2/h4-5,7H,6H2,1-3H3,(H,13,14)(H,15,16). The summed E-state index contributed by atoms with van der Waals surface area (Å²) in [5.41, 5.74) is 0.176. The van der Waals surface area contributed by atoms with E-state index in [0.717, 1.165) is 12.3 Å². The summed E-state index contributed by atoms with van der Waals surface area (Å²) in [6, 6.07) is 0.994. The first-order valence-corrected chi connectivity index (χ1v) is 5.21. The number of carbonyl (C=O) groups excluding carboxylic acids is 1. The molecule has 1 atom stereocenters. The fourth-order valence-corrected chi connectivity index (χ4v) is 1.40. The van der Waals surface area contributed by atoms with Gasteiger partial charge >= 0.3 is 0 Å². The van der Waals surface area contributed by atoms with Gasteiger partial charge in [0.2, 0.25) is 0 Å². The van der Waals surface area contributed by atoms with Crippen LogP contribution >= 0.6 is 0 Å². The monoisotopic (exact) mass is 241 g/mol. The minimum Gasteiger partial charge on any atom is -0.383 e. The van der Waals surface area contributed by atoms with Gasteiger partial charge in [-0.1, -0.05) is 0 Å². The first kappa shape index (κ1) is 13.4. The number of anilines is 1. The second kappa shape index (κ2) is 6.15. The van der Waals surface area contributed by atoms with Crippen LogP contribution < -0.4 is 10.6 Å². The van der Waals surface area contributed by atoms with E-state index in [1.165, 1.54) is 0 Å². The Kier molecular flexibility index (Phi) is 4.84. The van der Waals surface area contributed by atoms with Gasteiger partial charge in [-0.2, -0.15) is 0 Å². The molecule has 1 rings (SSSR count). The predicted octanol–water partition coefficient (Wildman–Crippen LogP) is 1.03. The highest BCUT2D eigenvalue weighted by Gasteiger charge is 2.15. The minimum atomic E-state index is -0.548. The molecule has 1 unspecified atom stereocenters. The highest BCUT2D eigenvalue weighted by atomic mass is 19.1. The van der Waals surface area contributed by atoms with E-state index in [4.69, 9.17) is 4.74 Å². The number of pyridine rings is 1. The van der Waals surface area contributed by atoms with Gasteiger partial charge in [-0.15, -0.1) is 0 Å². The first-order valence-electron chi connectivity index (χ1n) is 5.21. The van der Waals surface area contributed by atoms with Crippen molar-refractivity contribution < 1.29 is 13.9 Å². The molecule has 0 bridgehead atoms. The number of hydrogen-bond acceptors (Lipinski definition) is 4. The molecule has 1 aromatic heterocycles. The van der Waals surface area contributed by atoms with Crippen molar-refractivity contribution in [2.75, 3.05) is 26.1 Å². The molecule has 17 heavy (non-hydrogen) atoms. The first-order chi connectivity index (χ1) is 8.08. The van der Waals surface area contributed by atoms with E-state index >= 15 is 0 Å². The number of aromatic nitrogens is 1. The molecule has 94 valence electrons. The van der Waals surface area contributed by atoms with Crippen LogP contribution in [0.5, 0.6) is 0 Å². The normalized spacial score (nSPS) is 12.0. The van der Waals surface area contributed by atoms with E-state index in [9.17, 15) is 9.18 Å². The van der Waals surface area contributed by atoms with Gasteiger partial charge in [0.05, 0.1) is 18.4 Å². The van der Waals surface area contributed by atoms with Gasteiger partial charge in [0.25, 0.3) is 5.91 Å². The molecular weight excluding hydrogens is 225 g/mol. The van der Waals surface area contributed by atoms with Gasteiger partial charge < -0.3 is 15.4 Å². The van der Waals surface area contributed by atoms with Crippen LogP contribution in [0.15, 0.2) is 12.3 Å². The molecule has 1 heterocycles. The Morgan fingerprint density at radius 1 is 1.65 bits per heavy atom. The summed E-state index contributed by atoms with van der Waals surface area (Å²) < 4.78 is 17.9. The molecular formula is C11H16FN3O2. The van der Waals surface area contributed by atoms with Gasteiger partial charge in [-0.25, -0.2) is 9.37 Å². The zero-order valence-electron chi connectivity index (χ0n) is 10.1. The Morgan fingerprint density at radius 3 is 2.94 bits per heavy atom. The van der Waals surface area contributed by atoms with Crippen molar-refractivity contribution in [1.29, 1.82) is 0 Å². The summed E-state index contributed by atoms with van der Waals surface area (Å²) in [6.45, 7) is 2.19. The maximum absolute atomic E-state index is 13.0. The lowest BCUT2D eigenvalue weighted by molar-refractivity contribution is 0.0905. The Bertz CT molecular complexity index is 398. The Hall–Kier alpha value is -1.69. The number of rotatable bonds is 5. The van der Waals surface area contributed by atoms with E-state index < -0.39 is 5.82 Å². The van der Waals surface area contributed by atoms with E-state index in [-0.39, 0.29) is 17.5 Å². The molecule has 0 saturated heterocycles. The molecule has 0 spiro atoms. The second-order valence-electron chi connectivity index (χ2n) is 3.63. The number of carbonyl (C=O) groups is 1. The smallest absolute Gasteiger partial charge is 0.255 e. The van der Waals surface area contributed by atoms with Crippen LogP contribution in [0.3, 0.4) is 0 Å². The summed E-state index contributed by atoms with van der Waals surface area (Å²) in [4.78, 5) is 15.6. The number of nitrogens with one attached hydrogen (secondary N) is 2. The van der Waals surface area contributed by atoms with Crippen LogP contribution in [0, 0.1) is 5.82 Å². The molecule has 6 heteroatoms. The summed E-state index contributed by atoms with van der Waals surface area (Å²) in [7, 11) is 3.17. The number of hydrogen-bond donors (Lipinski definition) is 2. The molecule has 2 N–H and O–H groups in total. The third kappa shape index (κ3) is 3.67. The fourth-order valence-electron chi connectivity index (χ4n) is 1.40. The summed E-state index contributed by atoms with van der Waals surface area (Å²) in [5, 5.41) is 5.43. The Labute approximate surface area is 99.4 Å². The zero-order chi connectivity index (χ0) is 12.8. The Morgan fingerprint density at radius 2 is 2.35 bits per heavy atom. The molecule has 1 amide bonds. The lowest BCUT2D eigenvalue weighted by Gasteiger charge is -2.14. The largest absolute Gasteiger partial charge is 0.383 e. The zero-order valence-corrected chi connectivity index (χ0v) is 10.1. The van der Waals surface area contributed by atoms with Gasteiger partial charge in [-0.05, 0) is 13.0 Å². The number of ether oxygens (including phenoxy) is 1. The van der Waals surface area contributed by atoms with Crippen LogP contribution in [-0.4, -0.2) is 37.7 Å². The maximum Gasteiger partial charge on any atom is 0.255 e. The molecule has 0 aliphatic rings. The molecule has 0 aliphatic carbocycles. The second-order valence-corrected chi connectivity index (χ2v) is 3.63. The van der Waals surface area contributed by atoms with Gasteiger partial charge in [-0.3, -0.25) is 4.79 Å². The van der Waals surface area contributed by atoms with Gasteiger partial charge in [0.15, 0.2) is 0 Å². The van der Waals surface area contributed by atoms with Crippen LogP contribution in [0.25, 0.3) is 0 Å². The van der Waals surface area contributed by atoms with Crippen molar-refractivity contribution >= 4 is 11.7 Å². The highest BCUT2D eigenvalue weighted by molar-refractivity contribution is 5.98. The van der Waals surface area contributed by atoms with Gasteiger partial charge in [0, 0.05) is 20.2 Å². The number of methoxy groups -OCH3 is 1. The minimum absolute atomic E-state index is 0.152. The van der Waals surface area contributed by atoms with Crippen molar-refractivity contribution in [3.05, 3.63) is 23.6 Å². The van der Waals surface area contributed by atoms with Crippen molar-refractivity contribution in [2.45, 2.75) is 13.0 Å². The average molecular weight is 241 g/mol. The molecule has 0 aliphatic heterocycles. The van der Waals surface area contributed by atoms with Crippen molar-refractivity contribution in [2.24, 2.45) is 0 Å². The summed E-state index contributed by atoms with van der Waals surface area (Å²) >= 11 is 0. The quantitative estimate of drug-likeness (QED) is 0.808. The number of nitrogens with zero attached hydrogens (tertiary/aromatic N) is 1. The van der Waals surface area contributed by atoms with E-state index in [0.29, 0.717) is 12.4 Å². The summed E-state index contributed by atoms with van der Waals surface area (Å²) in [5.74, 6) is -0.590. The summed E-state index contributed by atoms with van der Waals surface area (Å²) in [6.07, 6.45) is 1.06. The molecule has 0 fully saturated rings. The van der Waals surface area contributed by atoms with Crippen molar-refractivity contribution in [3.63, 3.8) is 0 Å². The average Bonchev–Trinajstić information content (AvgIpc) is 2.29. The van der Waals surface area contributed by atoms with Crippen LogP contribution in [0.1, 0.15) is 17.3 Å². The van der Waals surface area contributed by atoms with E-state index in [1.54, 1.807) is 21.1 Å². The topological polar surface area (TPSA) is 63.2 Å². The number of halogens is 1. The predicted molar refractivity (Wildman–Crippen MR) is 62.5 cm³/mol. The van der Waals surface area contributed by atoms with Gasteiger partial charge in [0.1, 0.15) is 11.6 Å². The molecule has 0 radical (unpaired) electrons. The van der Waals surface area contributed by atoms with Crippen LogP contribution in [-0.2, 0) is 4.74 Å². The van der Waals surface area contributed by atoms with E-state index in [2.05, 4.69) is 15.6 Å². The van der Waals surface area contributed by atoms with Crippen LogP contribution in [0.2, 0.25) is 0 Å². The Balaban J connectivity index is 2.83. The lowest BCUT2D eigenvalue weighted by atomic mass is 10.2. The third-order valence-electron chi connectivity index (χ3n) is 2.13. The highest BCUT2D eigenvalue weighted by Crippen LogP contribution is 2.12. The van der Waals surface area contributed by atoms with Crippen molar-refractivity contribution in [1.82, 2.24) is 10.3 Å². The molecule has 5 nitrogen and oxygen atoms in total. The van der Waals surface area contributed by atoms with Crippen LogP contribution in [0.4, 0.5) is 10.2 Å². The molecule has 0 saturated carbocycles. The third-order valence-corrected chi connectivity index (χ3v) is 2.13. The fraction of sp³-hybridized carbons (Fsp3) is 0.455. The SMILES string of the molecule is CNc1ncc(F)cc1C(=O)NC(C)COC. The van der Waals surface area contributed by atoms with Crippen molar-refractivity contribution in [3.8, 4) is 0 Å². The number of amides is 1.